The van der Waals surface area contributed by atoms with E-state index in [1.807, 2.05) is 52.3 Å². The molecule has 40 heavy (non-hydrogen) atoms. The fourth-order valence-corrected chi connectivity index (χ4v) is 5.17. The molecule has 0 saturated carbocycles. The first kappa shape index (κ1) is 28.5. The molecule has 2 aliphatic heterocycles. The summed E-state index contributed by atoms with van der Waals surface area (Å²) < 4.78 is 0. The van der Waals surface area contributed by atoms with Gasteiger partial charge in [0, 0.05) is 19.5 Å². The number of aryl methyl sites for hydroxylation is 1. The highest BCUT2D eigenvalue weighted by Gasteiger charge is 2.34. The second-order valence-electron chi connectivity index (χ2n) is 9.84. The summed E-state index contributed by atoms with van der Waals surface area (Å²) in [6.07, 6.45) is 4.47. The number of anilines is 2. The lowest BCUT2D eigenvalue weighted by Gasteiger charge is -2.42. The van der Waals surface area contributed by atoms with Crippen LogP contribution in [-0.2, 0) is 25.6 Å². The van der Waals surface area contributed by atoms with Gasteiger partial charge in [-0.15, -0.1) is 0 Å². The molecule has 0 spiro atoms. The molecule has 1 fully saturated rings. The van der Waals surface area contributed by atoms with Gasteiger partial charge in [-0.05, 0) is 61.2 Å². The zero-order chi connectivity index (χ0) is 28.5. The summed E-state index contributed by atoms with van der Waals surface area (Å²) in [5, 5.41) is 14.8. The molecule has 2 N–H and O–H groups in total. The molecule has 208 valence electrons. The van der Waals surface area contributed by atoms with Crippen LogP contribution in [0.25, 0.3) is 11.1 Å². The van der Waals surface area contributed by atoms with Crippen LogP contribution < -0.4 is 9.80 Å². The van der Waals surface area contributed by atoms with Gasteiger partial charge in [-0.2, -0.15) is 0 Å². The van der Waals surface area contributed by atoms with Crippen LogP contribution in [0, 0.1) is 0 Å². The molecular formula is C31H33N3O6. The van der Waals surface area contributed by atoms with Gasteiger partial charge in [-0.1, -0.05) is 66.7 Å². The minimum Gasteiger partial charge on any atom is -0.473 e. The molecule has 3 aromatic carbocycles. The van der Waals surface area contributed by atoms with Gasteiger partial charge in [-0.25, -0.2) is 9.59 Å². The Hall–Kier alpha value is -4.50. The lowest BCUT2D eigenvalue weighted by Crippen LogP contribution is -2.54. The molecule has 9 nitrogen and oxygen atoms in total. The number of carbonyl (C=O) groups excluding carboxylic acids is 2. The number of nitrogens with zero attached hydrogens (tertiary/aromatic N) is 3. The topological polar surface area (TPSA) is 118 Å². The normalized spacial score (nSPS) is 16.4. The Labute approximate surface area is 233 Å². The fourth-order valence-electron chi connectivity index (χ4n) is 5.17. The summed E-state index contributed by atoms with van der Waals surface area (Å²) in [4.78, 5) is 49.8. The van der Waals surface area contributed by atoms with Crippen LogP contribution in [0.15, 0.2) is 78.9 Å². The lowest BCUT2D eigenvalue weighted by atomic mass is 10.0. The van der Waals surface area contributed by atoms with Gasteiger partial charge in [0.25, 0.3) is 0 Å². The van der Waals surface area contributed by atoms with Crippen molar-refractivity contribution in [2.45, 2.75) is 31.7 Å². The summed E-state index contributed by atoms with van der Waals surface area (Å²) in [5.41, 5.74) is 5.19. The van der Waals surface area contributed by atoms with Crippen molar-refractivity contribution in [2.75, 3.05) is 36.0 Å². The molecule has 2 aliphatic rings. The molecule has 1 saturated heterocycles. The molecule has 1 unspecified atom stereocenters. The Kier molecular flexibility index (Phi) is 9.64. The minimum absolute atomic E-state index is 0.0281. The van der Waals surface area contributed by atoms with Crippen molar-refractivity contribution in [1.82, 2.24) is 4.90 Å². The number of likely N-dealkylation sites (tertiary alicyclic amines) is 1. The number of hydrogen-bond donors (Lipinski definition) is 2. The van der Waals surface area contributed by atoms with E-state index in [0.29, 0.717) is 19.4 Å². The van der Waals surface area contributed by atoms with Gasteiger partial charge >= 0.3 is 11.9 Å². The van der Waals surface area contributed by atoms with Crippen molar-refractivity contribution in [1.29, 1.82) is 0 Å². The number of amides is 2. The van der Waals surface area contributed by atoms with Crippen LogP contribution in [0.4, 0.5) is 11.4 Å². The first-order valence-electron chi connectivity index (χ1n) is 13.3. The average molecular weight is 544 g/mol. The predicted molar refractivity (Wildman–Crippen MR) is 152 cm³/mol. The van der Waals surface area contributed by atoms with E-state index in [-0.39, 0.29) is 11.9 Å². The van der Waals surface area contributed by atoms with E-state index in [1.165, 1.54) is 24.0 Å². The largest absolute Gasteiger partial charge is 0.473 e. The van der Waals surface area contributed by atoms with Crippen molar-refractivity contribution < 1.29 is 29.4 Å². The summed E-state index contributed by atoms with van der Waals surface area (Å²) in [5.74, 6) is -3.54. The van der Waals surface area contributed by atoms with Gasteiger partial charge in [0.15, 0.2) is 0 Å². The molecule has 1 atom stereocenters. The number of para-hydroxylation sites is 2. The van der Waals surface area contributed by atoms with Crippen LogP contribution in [0.1, 0.15) is 24.8 Å². The first-order chi connectivity index (χ1) is 19.4. The van der Waals surface area contributed by atoms with E-state index in [1.54, 1.807) is 0 Å². The number of carbonyl (C=O) groups is 4. The predicted octanol–water partition coefficient (Wildman–Crippen LogP) is 3.92. The van der Waals surface area contributed by atoms with Crippen LogP contribution in [-0.4, -0.2) is 71.6 Å². The monoisotopic (exact) mass is 543 g/mol. The zero-order valence-electron chi connectivity index (χ0n) is 22.2. The molecule has 0 bridgehead atoms. The zero-order valence-corrected chi connectivity index (χ0v) is 22.2. The Morgan fingerprint density at radius 3 is 1.95 bits per heavy atom. The fraction of sp³-hybridized carbons (Fsp3) is 0.290. The summed E-state index contributed by atoms with van der Waals surface area (Å²) in [6.45, 7) is 3.48. The number of benzene rings is 3. The number of aliphatic carboxylic acids is 2. The van der Waals surface area contributed by atoms with E-state index < -0.39 is 11.9 Å². The van der Waals surface area contributed by atoms with Gasteiger partial charge < -0.3 is 24.9 Å². The number of rotatable bonds is 7. The average Bonchev–Trinajstić information content (AvgIpc) is 3.49. The molecule has 2 amide bonds. The maximum Gasteiger partial charge on any atom is 0.414 e. The molecular weight excluding hydrogens is 510 g/mol. The third-order valence-corrected chi connectivity index (χ3v) is 7.19. The Morgan fingerprint density at radius 2 is 1.35 bits per heavy atom. The molecule has 0 aliphatic carbocycles. The number of carboxylic acids is 2. The number of carboxylic acid groups (broad SMARTS) is 2. The van der Waals surface area contributed by atoms with Crippen molar-refractivity contribution in [3.63, 3.8) is 0 Å². The summed E-state index contributed by atoms with van der Waals surface area (Å²) >= 11 is 0. The van der Waals surface area contributed by atoms with Crippen LogP contribution in [0.3, 0.4) is 0 Å². The maximum absolute atomic E-state index is 13.4. The van der Waals surface area contributed by atoms with Gasteiger partial charge in [-0.3, -0.25) is 9.59 Å². The van der Waals surface area contributed by atoms with Crippen LogP contribution >= 0.6 is 0 Å². The Morgan fingerprint density at radius 1 is 0.775 bits per heavy atom. The van der Waals surface area contributed by atoms with Gasteiger partial charge in [0.1, 0.15) is 0 Å². The highest BCUT2D eigenvalue weighted by Crippen LogP contribution is 2.35. The van der Waals surface area contributed by atoms with Crippen LogP contribution in [0.5, 0.6) is 0 Å². The Balaban J connectivity index is 0.000000557. The molecule has 3 aromatic rings. The lowest BCUT2D eigenvalue weighted by molar-refractivity contribution is -0.159. The molecule has 0 radical (unpaired) electrons. The third-order valence-electron chi connectivity index (χ3n) is 7.19. The van der Waals surface area contributed by atoms with Crippen molar-refractivity contribution in [3.8, 4) is 11.1 Å². The summed E-state index contributed by atoms with van der Waals surface area (Å²) in [7, 11) is 0. The van der Waals surface area contributed by atoms with E-state index in [2.05, 4.69) is 41.3 Å². The molecule has 5 rings (SSSR count). The van der Waals surface area contributed by atoms with Gasteiger partial charge in [0.05, 0.1) is 17.4 Å². The van der Waals surface area contributed by atoms with E-state index in [4.69, 9.17) is 19.8 Å². The SMILES string of the molecule is O=C(O)C(=O)O.O=CN1c2ccccc2N(C(=O)CCc2ccc(-c3ccccc3)cc2)CC1CN1CCCC1. The second kappa shape index (κ2) is 13.5. The first-order valence-corrected chi connectivity index (χ1v) is 13.3. The molecule has 0 aromatic heterocycles. The van der Waals surface area contributed by atoms with E-state index in [0.717, 1.165) is 43.0 Å². The number of hydrogen-bond acceptors (Lipinski definition) is 5. The van der Waals surface area contributed by atoms with E-state index in [9.17, 15) is 9.59 Å². The highest BCUT2D eigenvalue weighted by atomic mass is 16.4. The highest BCUT2D eigenvalue weighted by molar-refractivity contribution is 6.27. The second-order valence-corrected chi connectivity index (χ2v) is 9.84. The quantitative estimate of drug-likeness (QED) is 0.343. The van der Waals surface area contributed by atoms with E-state index >= 15 is 0 Å². The smallest absolute Gasteiger partial charge is 0.414 e. The third kappa shape index (κ3) is 7.12. The maximum atomic E-state index is 13.4. The summed E-state index contributed by atoms with van der Waals surface area (Å²) in [6, 6.07) is 26.5. The molecule has 2 heterocycles. The van der Waals surface area contributed by atoms with Crippen molar-refractivity contribution in [2.24, 2.45) is 0 Å². The van der Waals surface area contributed by atoms with Crippen LogP contribution in [0.2, 0.25) is 0 Å². The molecule has 9 heteroatoms. The van der Waals surface area contributed by atoms with Gasteiger partial charge in [0.2, 0.25) is 12.3 Å². The standard InChI is InChI=1S/C29H31N3O2.C2H2O4/c33-22-32-26(20-30-18-6-7-19-30)21-31(27-10-4-5-11-28(27)32)29(34)17-14-23-12-15-25(16-13-23)24-8-2-1-3-9-24;3-1(4)2(5)6/h1-5,8-13,15-16,22,26H,6-7,14,17-21H2;(H,3,4)(H,5,6). The number of fused-ring (bicyclic) bond motifs is 1. The minimum atomic E-state index is -1.82. The Bertz CT molecular complexity index is 1310. The van der Waals surface area contributed by atoms with Crippen molar-refractivity contribution in [3.05, 3.63) is 84.4 Å². The van der Waals surface area contributed by atoms with Crippen molar-refractivity contribution >= 4 is 35.6 Å².